The maximum absolute atomic E-state index is 12.2. The van der Waals surface area contributed by atoms with E-state index in [9.17, 15) is 4.57 Å². The molecule has 0 atom stereocenters. The molecule has 0 amide bonds. The molecule has 0 bridgehead atoms. The molecular formula is C12H18NO3P. The van der Waals surface area contributed by atoms with Gasteiger partial charge in [-0.25, -0.2) is 0 Å². The molecule has 0 radical (unpaired) electrons. The van der Waals surface area contributed by atoms with Gasteiger partial charge in [0.25, 0.3) is 0 Å². The Hall–Kier alpha value is -1.09. The number of hydrogen-bond acceptors (Lipinski definition) is 4. The summed E-state index contributed by atoms with van der Waals surface area (Å²) in [6.07, 6.45) is 0. The fourth-order valence-corrected chi connectivity index (χ4v) is 2.78. The molecule has 1 aromatic carbocycles. The van der Waals surface area contributed by atoms with E-state index in [0.717, 1.165) is 5.56 Å². The minimum Gasteiger partial charge on any atom is -0.398 e. The van der Waals surface area contributed by atoms with Gasteiger partial charge in [-0.05, 0) is 19.4 Å². The fourth-order valence-electron chi connectivity index (χ4n) is 1.35. The fraction of sp³-hybridized carbons (Fsp3) is 0.333. The smallest absolute Gasteiger partial charge is 0.356 e. The van der Waals surface area contributed by atoms with Crippen LogP contribution in [-0.4, -0.2) is 13.2 Å². The van der Waals surface area contributed by atoms with E-state index in [-0.39, 0.29) is 0 Å². The average molecular weight is 255 g/mol. The number of rotatable bonds is 6. The van der Waals surface area contributed by atoms with Crippen molar-refractivity contribution in [3.8, 4) is 0 Å². The first-order valence-electron chi connectivity index (χ1n) is 5.54. The van der Waals surface area contributed by atoms with Gasteiger partial charge in [0.05, 0.1) is 19.0 Å². The Morgan fingerprint density at radius 2 is 1.76 bits per heavy atom. The second-order valence-corrected chi connectivity index (χ2v) is 5.18. The van der Waals surface area contributed by atoms with Crippen molar-refractivity contribution in [2.45, 2.75) is 13.8 Å². The lowest BCUT2D eigenvalue weighted by atomic mass is 10.2. The van der Waals surface area contributed by atoms with E-state index in [4.69, 9.17) is 14.8 Å². The molecule has 0 fully saturated rings. The van der Waals surface area contributed by atoms with Crippen molar-refractivity contribution in [2.24, 2.45) is 5.73 Å². The molecule has 0 saturated carbocycles. The molecule has 1 aromatic rings. The van der Waals surface area contributed by atoms with Gasteiger partial charge in [-0.15, -0.1) is 0 Å². The standard InChI is InChI=1S/C12H18NO3P/c1-3-15-17(14,16-4-2)10-12(13)11-8-6-5-7-9-11/h5-10H,3-4,13H2,1-2H3/b12-10-. The highest BCUT2D eigenvalue weighted by Gasteiger charge is 2.20. The summed E-state index contributed by atoms with van der Waals surface area (Å²) in [7, 11) is -3.23. The zero-order valence-electron chi connectivity index (χ0n) is 10.1. The summed E-state index contributed by atoms with van der Waals surface area (Å²) in [4.78, 5) is 0. The second kappa shape index (κ2) is 6.60. The Labute approximate surface area is 102 Å². The van der Waals surface area contributed by atoms with Gasteiger partial charge in [0, 0.05) is 5.70 Å². The highest BCUT2D eigenvalue weighted by atomic mass is 31.2. The summed E-state index contributed by atoms with van der Waals surface area (Å²) in [5, 5.41) is 0. The normalized spacial score (nSPS) is 12.7. The first-order valence-corrected chi connectivity index (χ1v) is 7.15. The molecule has 0 aliphatic heterocycles. The van der Waals surface area contributed by atoms with Crippen LogP contribution in [0.2, 0.25) is 0 Å². The Kier molecular flexibility index (Phi) is 5.42. The summed E-state index contributed by atoms with van der Waals surface area (Å²) in [5.74, 6) is 1.37. The van der Waals surface area contributed by atoms with Crippen LogP contribution in [0.1, 0.15) is 19.4 Å². The van der Waals surface area contributed by atoms with Crippen molar-refractivity contribution in [2.75, 3.05) is 13.2 Å². The molecule has 0 aromatic heterocycles. The molecule has 0 aliphatic rings. The Balaban J connectivity index is 2.95. The molecule has 5 heteroatoms. The van der Waals surface area contributed by atoms with Crippen molar-refractivity contribution < 1.29 is 13.6 Å². The lowest BCUT2D eigenvalue weighted by Gasteiger charge is -2.14. The van der Waals surface area contributed by atoms with E-state index < -0.39 is 7.60 Å². The van der Waals surface area contributed by atoms with Gasteiger partial charge in [-0.1, -0.05) is 30.3 Å². The first-order chi connectivity index (χ1) is 8.11. The van der Waals surface area contributed by atoms with Gasteiger partial charge in [0.15, 0.2) is 0 Å². The van der Waals surface area contributed by atoms with Gasteiger partial charge >= 0.3 is 7.60 Å². The van der Waals surface area contributed by atoms with Crippen LogP contribution in [0.15, 0.2) is 36.1 Å². The minimum atomic E-state index is -3.23. The van der Waals surface area contributed by atoms with Gasteiger partial charge in [0.2, 0.25) is 0 Å². The van der Waals surface area contributed by atoms with Crippen molar-refractivity contribution in [3.63, 3.8) is 0 Å². The van der Waals surface area contributed by atoms with Crippen molar-refractivity contribution in [1.29, 1.82) is 0 Å². The summed E-state index contributed by atoms with van der Waals surface area (Å²) in [6.45, 7) is 4.15. The van der Waals surface area contributed by atoms with Crippen LogP contribution < -0.4 is 5.73 Å². The lowest BCUT2D eigenvalue weighted by Crippen LogP contribution is -1.99. The SMILES string of the molecule is CCOP(=O)(/C=C(\N)c1ccccc1)OCC. The van der Waals surface area contributed by atoms with Crippen LogP contribution in [0, 0.1) is 0 Å². The number of benzene rings is 1. The summed E-state index contributed by atoms with van der Waals surface area (Å²) in [6, 6.07) is 9.30. The van der Waals surface area contributed by atoms with E-state index in [0.29, 0.717) is 18.9 Å². The highest BCUT2D eigenvalue weighted by Crippen LogP contribution is 2.50. The predicted octanol–water partition coefficient (Wildman–Crippen LogP) is 3.21. The molecule has 1 rings (SSSR count). The highest BCUT2D eigenvalue weighted by molar-refractivity contribution is 7.57. The zero-order valence-corrected chi connectivity index (χ0v) is 11.0. The van der Waals surface area contributed by atoms with Gasteiger partial charge < -0.3 is 14.8 Å². The van der Waals surface area contributed by atoms with Crippen molar-refractivity contribution >= 4 is 13.3 Å². The van der Waals surface area contributed by atoms with Gasteiger partial charge in [-0.3, -0.25) is 4.57 Å². The van der Waals surface area contributed by atoms with Crippen molar-refractivity contribution in [3.05, 3.63) is 41.7 Å². The van der Waals surface area contributed by atoms with Crippen LogP contribution in [0.4, 0.5) is 0 Å². The number of nitrogens with two attached hydrogens (primary N) is 1. The summed E-state index contributed by atoms with van der Waals surface area (Å²) >= 11 is 0. The third kappa shape index (κ3) is 4.35. The molecule has 0 unspecified atom stereocenters. The molecule has 94 valence electrons. The van der Waals surface area contributed by atoms with Crippen LogP contribution in [-0.2, 0) is 13.6 Å². The maximum atomic E-state index is 12.2. The molecule has 17 heavy (non-hydrogen) atoms. The topological polar surface area (TPSA) is 61.5 Å². The third-order valence-corrected chi connectivity index (χ3v) is 3.85. The molecule has 0 heterocycles. The predicted molar refractivity (Wildman–Crippen MR) is 69.5 cm³/mol. The van der Waals surface area contributed by atoms with Crippen LogP contribution in [0.3, 0.4) is 0 Å². The van der Waals surface area contributed by atoms with Crippen molar-refractivity contribution in [1.82, 2.24) is 0 Å². The largest absolute Gasteiger partial charge is 0.398 e. The van der Waals surface area contributed by atoms with E-state index >= 15 is 0 Å². The van der Waals surface area contributed by atoms with Crippen LogP contribution in [0.5, 0.6) is 0 Å². The van der Waals surface area contributed by atoms with Crippen LogP contribution >= 0.6 is 7.60 Å². The molecule has 2 N–H and O–H groups in total. The third-order valence-electron chi connectivity index (χ3n) is 2.02. The van der Waals surface area contributed by atoms with E-state index in [2.05, 4.69) is 0 Å². The quantitative estimate of drug-likeness (QED) is 0.793. The monoisotopic (exact) mass is 255 g/mol. The maximum Gasteiger partial charge on any atom is 0.356 e. The van der Waals surface area contributed by atoms with E-state index in [1.54, 1.807) is 13.8 Å². The Morgan fingerprint density at radius 1 is 1.24 bits per heavy atom. The zero-order chi connectivity index (χ0) is 12.7. The van der Waals surface area contributed by atoms with Gasteiger partial charge in [0.1, 0.15) is 0 Å². The second-order valence-electron chi connectivity index (χ2n) is 3.33. The molecule has 0 aliphatic carbocycles. The molecule has 4 nitrogen and oxygen atoms in total. The van der Waals surface area contributed by atoms with E-state index in [1.165, 1.54) is 5.82 Å². The lowest BCUT2D eigenvalue weighted by molar-refractivity contribution is 0.229. The molecular weight excluding hydrogens is 237 g/mol. The van der Waals surface area contributed by atoms with Gasteiger partial charge in [-0.2, -0.15) is 0 Å². The Morgan fingerprint density at radius 3 is 2.24 bits per heavy atom. The molecule has 0 spiro atoms. The minimum absolute atomic E-state index is 0.315. The first kappa shape index (κ1) is 14.0. The summed E-state index contributed by atoms with van der Waals surface area (Å²) in [5.41, 5.74) is 7.07. The summed E-state index contributed by atoms with van der Waals surface area (Å²) < 4.78 is 22.5. The van der Waals surface area contributed by atoms with Crippen LogP contribution in [0.25, 0.3) is 5.70 Å². The molecule has 0 saturated heterocycles. The average Bonchev–Trinajstić information content (AvgIpc) is 2.30. The van der Waals surface area contributed by atoms with E-state index in [1.807, 2.05) is 30.3 Å². The number of hydrogen-bond donors (Lipinski definition) is 1. The Bertz CT molecular complexity index is 407.